The Morgan fingerprint density at radius 2 is 1.91 bits per heavy atom. The average molecular weight is 301 g/mol. The van der Waals surface area contributed by atoms with Gasteiger partial charge in [-0.15, -0.1) is 0 Å². The molecule has 23 heavy (non-hydrogen) atoms. The van der Waals surface area contributed by atoms with Gasteiger partial charge in [-0.1, -0.05) is 56.9 Å². The smallest absolute Gasteiger partial charge is 0.136 e. The highest BCUT2D eigenvalue weighted by atomic mass is 16.3. The lowest BCUT2D eigenvalue weighted by molar-refractivity contribution is 0.613. The number of nitrogens with one attached hydrogen (secondary N) is 1. The van der Waals surface area contributed by atoms with Gasteiger partial charge in [-0.3, -0.25) is 0 Å². The van der Waals surface area contributed by atoms with Gasteiger partial charge in [0, 0.05) is 33.8 Å². The van der Waals surface area contributed by atoms with Crippen molar-refractivity contribution >= 4 is 28.4 Å². The summed E-state index contributed by atoms with van der Waals surface area (Å²) < 4.78 is 5.74. The van der Waals surface area contributed by atoms with Gasteiger partial charge in [0.15, 0.2) is 0 Å². The molecule has 2 heterocycles. The van der Waals surface area contributed by atoms with Crippen LogP contribution in [-0.4, -0.2) is 0 Å². The molecule has 2 nitrogen and oxygen atoms in total. The normalized spacial score (nSPS) is 15.2. The first-order valence-electron chi connectivity index (χ1n) is 7.82. The molecule has 2 heteroatoms. The van der Waals surface area contributed by atoms with Crippen LogP contribution in [0.2, 0.25) is 0 Å². The molecule has 0 amide bonds. The molecular formula is C21H19NO. The minimum Gasteiger partial charge on any atom is -0.464 e. The highest BCUT2D eigenvalue weighted by Gasteiger charge is 2.33. The Balaban J connectivity index is 1.96. The van der Waals surface area contributed by atoms with Gasteiger partial charge in [0.2, 0.25) is 0 Å². The van der Waals surface area contributed by atoms with E-state index in [9.17, 15) is 0 Å². The lowest BCUT2D eigenvalue weighted by atomic mass is 9.74. The highest BCUT2D eigenvalue weighted by Crippen LogP contribution is 2.46. The summed E-state index contributed by atoms with van der Waals surface area (Å²) in [5.74, 6) is 0. The molecule has 4 rings (SSSR count). The lowest BCUT2D eigenvalue weighted by Crippen LogP contribution is -2.25. The molecule has 1 N–H and O–H groups in total. The molecule has 0 unspecified atom stereocenters. The lowest BCUT2D eigenvalue weighted by Gasteiger charge is -2.35. The van der Waals surface area contributed by atoms with Crippen LogP contribution >= 0.6 is 0 Å². The van der Waals surface area contributed by atoms with Crippen molar-refractivity contribution in [3.05, 3.63) is 78.1 Å². The largest absolute Gasteiger partial charge is 0.464 e. The number of para-hydroxylation sites is 1. The van der Waals surface area contributed by atoms with Crippen molar-refractivity contribution in [2.75, 3.05) is 5.32 Å². The zero-order valence-electron chi connectivity index (χ0n) is 13.4. The van der Waals surface area contributed by atoms with Crippen LogP contribution in [0.15, 0.2) is 65.8 Å². The van der Waals surface area contributed by atoms with Crippen molar-refractivity contribution in [2.24, 2.45) is 0 Å². The van der Waals surface area contributed by atoms with Gasteiger partial charge in [-0.2, -0.15) is 0 Å². The predicted molar refractivity (Wildman–Crippen MR) is 97.3 cm³/mol. The number of anilines is 2. The first-order chi connectivity index (χ1) is 11.1. The Bertz CT molecular complexity index is 944. The van der Waals surface area contributed by atoms with E-state index < -0.39 is 0 Å². The fraction of sp³-hybridized carbons (Fsp3) is 0.143. The van der Waals surface area contributed by atoms with E-state index in [1.54, 1.807) is 12.3 Å². The van der Waals surface area contributed by atoms with Crippen LogP contribution in [0.25, 0.3) is 17.0 Å². The van der Waals surface area contributed by atoms with Crippen LogP contribution < -0.4 is 5.32 Å². The van der Waals surface area contributed by atoms with Gasteiger partial charge in [0.05, 0.1) is 6.26 Å². The number of hydrogen-bond acceptors (Lipinski definition) is 2. The fourth-order valence-electron chi connectivity index (χ4n) is 3.44. The van der Waals surface area contributed by atoms with Crippen molar-refractivity contribution < 1.29 is 4.42 Å². The zero-order chi connectivity index (χ0) is 16.0. The molecule has 114 valence electrons. The highest BCUT2D eigenvalue weighted by molar-refractivity contribution is 5.93. The van der Waals surface area contributed by atoms with Crippen molar-refractivity contribution in [1.29, 1.82) is 0 Å². The number of hydrogen-bond donors (Lipinski definition) is 1. The molecule has 0 radical (unpaired) electrons. The molecule has 0 spiro atoms. The second kappa shape index (κ2) is 4.88. The summed E-state index contributed by atoms with van der Waals surface area (Å²) in [6, 6.07) is 12.8. The number of rotatable bonds is 2. The van der Waals surface area contributed by atoms with E-state index in [4.69, 9.17) is 4.42 Å². The molecule has 1 aromatic heterocycles. The van der Waals surface area contributed by atoms with Crippen molar-refractivity contribution in [2.45, 2.75) is 19.3 Å². The van der Waals surface area contributed by atoms with Gasteiger partial charge < -0.3 is 9.73 Å². The van der Waals surface area contributed by atoms with E-state index in [1.807, 2.05) is 12.2 Å². The quantitative estimate of drug-likeness (QED) is 0.586. The minimum absolute atomic E-state index is 0.0535. The van der Waals surface area contributed by atoms with Crippen LogP contribution in [0, 0.1) is 0 Å². The maximum Gasteiger partial charge on any atom is 0.136 e. The van der Waals surface area contributed by atoms with Crippen LogP contribution in [0.3, 0.4) is 0 Å². The summed E-state index contributed by atoms with van der Waals surface area (Å²) in [7, 11) is 0. The SMILES string of the molecule is C=C/C=C\c1coc2cc3c(cc12)C(C)(C)c1ccccc1N3. The zero-order valence-corrected chi connectivity index (χ0v) is 13.4. The van der Waals surface area contributed by atoms with E-state index in [1.165, 1.54) is 16.8 Å². The third kappa shape index (κ3) is 2.02. The van der Waals surface area contributed by atoms with Gasteiger partial charge >= 0.3 is 0 Å². The van der Waals surface area contributed by atoms with Crippen LogP contribution in [0.1, 0.15) is 30.5 Å². The van der Waals surface area contributed by atoms with Crippen molar-refractivity contribution in [3.8, 4) is 0 Å². The summed E-state index contributed by atoms with van der Waals surface area (Å²) in [5.41, 5.74) is 6.82. The van der Waals surface area contributed by atoms with Gasteiger partial charge in [-0.05, 0) is 23.3 Å². The monoisotopic (exact) mass is 301 g/mol. The molecule has 3 aromatic rings. The van der Waals surface area contributed by atoms with Crippen LogP contribution in [0.5, 0.6) is 0 Å². The summed E-state index contributed by atoms with van der Waals surface area (Å²) in [5, 5.41) is 4.68. The molecular weight excluding hydrogens is 282 g/mol. The van der Waals surface area contributed by atoms with E-state index >= 15 is 0 Å². The van der Waals surface area contributed by atoms with E-state index in [2.05, 4.69) is 62.1 Å². The average Bonchev–Trinajstić information content (AvgIpc) is 2.94. The number of benzene rings is 2. The summed E-state index contributed by atoms with van der Waals surface area (Å²) in [6.45, 7) is 8.28. The summed E-state index contributed by atoms with van der Waals surface area (Å²) in [6.07, 6.45) is 7.54. The third-order valence-electron chi connectivity index (χ3n) is 4.70. The number of furan rings is 1. The molecule has 0 saturated carbocycles. The van der Waals surface area contributed by atoms with Gasteiger partial charge in [0.25, 0.3) is 0 Å². The molecule has 1 aliphatic heterocycles. The molecule has 2 aromatic carbocycles. The summed E-state index contributed by atoms with van der Waals surface area (Å²) >= 11 is 0. The third-order valence-corrected chi connectivity index (χ3v) is 4.70. The standard InChI is InChI=1S/C21H19NO/c1-4-5-8-14-13-23-20-12-19-17(11-15(14)20)21(2,3)16-9-6-7-10-18(16)22-19/h4-13,22H,1H2,2-3H3/b8-5-. The molecule has 1 aliphatic rings. The van der Waals surface area contributed by atoms with Crippen LogP contribution in [-0.2, 0) is 5.41 Å². The minimum atomic E-state index is -0.0535. The van der Waals surface area contributed by atoms with Gasteiger partial charge in [0.1, 0.15) is 5.58 Å². The Morgan fingerprint density at radius 3 is 2.74 bits per heavy atom. The second-order valence-corrected chi connectivity index (χ2v) is 6.48. The van der Waals surface area contributed by atoms with E-state index in [-0.39, 0.29) is 5.41 Å². The first kappa shape index (κ1) is 13.9. The molecule has 0 fully saturated rings. The Labute approximate surface area is 136 Å². The maximum atomic E-state index is 5.74. The van der Waals surface area contributed by atoms with Crippen LogP contribution in [0.4, 0.5) is 11.4 Å². The fourth-order valence-corrected chi connectivity index (χ4v) is 3.44. The Morgan fingerprint density at radius 1 is 1.09 bits per heavy atom. The number of allylic oxidation sites excluding steroid dienone is 2. The van der Waals surface area contributed by atoms with E-state index in [0.29, 0.717) is 0 Å². The maximum absolute atomic E-state index is 5.74. The van der Waals surface area contributed by atoms with E-state index in [0.717, 1.165) is 22.2 Å². The first-order valence-corrected chi connectivity index (χ1v) is 7.82. The Hall–Kier alpha value is -2.74. The van der Waals surface area contributed by atoms with Crippen molar-refractivity contribution in [3.63, 3.8) is 0 Å². The predicted octanol–water partition coefficient (Wildman–Crippen LogP) is 6.01. The molecule has 0 bridgehead atoms. The molecule has 0 saturated heterocycles. The Kier molecular flexibility index (Phi) is 2.95. The molecule has 0 atom stereocenters. The van der Waals surface area contributed by atoms with Gasteiger partial charge in [-0.25, -0.2) is 0 Å². The molecule has 0 aliphatic carbocycles. The number of fused-ring (bicyclic) bond motifs is 3. The summed E-state index contributed by atoms with van der Waals surface area (Å²) in [4.78, 5) is 0. The topological polar surface area (TPSA) is 25.2 Å². The second-order valence-electron chi connectivity index (χ2n) is 6.48. The van der Waals surface area contributed by atoms with Crippen molar-refractivity contribution in [1.82, 2.24) is 0 Å².